The summed E-state index contributed by atoms with van der Waals surface area (Å²) in [4.78, 5) is 1.44. The fourth-order valence-electron chi connectivity index (χ4n) is 1.95. The molecule has 1 unspecified atom stereocenters. The van der Waals surface area contributed by atoms with Gasteiger partial charge in [-0.1, -0.05) is 25.1 Å². The minimum absolute atomic E-state index is 0.467. The van der Waals surface area contributed by atoms with E-state index in [1.165, 1.54) is 32.9 Å². The minimum Gasteiger partial charge on any atom is -0.309 e. The average Bonchev–Trinajstić information content (AvgIpc) is 2.82. The van der Waals surface area contributed by atoms with Crippen molar-refractivity contribution in [2.45, 2.75) is 26.3 Å². The zero-order valence-corrected chi connectivity index (χ0v) is 12.7. The van der Waals surface area contributed by atoms with E-state index in [0.717, 1.165) is 6.54 Å². The number of hydrogen-bond acceptors (Lipinski definition) is 3. The molecule has 1 heterocycles. The van der Waals surface area contributed by atoms with Crippen molar-refractivity contribution < 1.29 is 0 Å². The zero-order chi connectivity index (χ0) is 12.8. The van der Waals surface area contributed by atoms with Gasteiger partial charge in [0.1, 0.15) is 0 Å². The van der Waals surface area contributed by atoms with Gasteiger partial charge in [0.05, 0.1) is 0 Å². The molecular weight excluding hydrogens is 258 g/mol. The van der Waals surface area contributed by atoms with Crippen molar-refractivity contribution in [3.63, 3.8) is 0 Å². The molecule has 1 aromatic heterocycles. The molecular formula is C15H21NS2. The average molecular weight is 279 g/mol. The second-order valence-electron chi connectivity index (χ2n) is 4.41. The van der Waals surface area contributed by atoms with Gasteiger partial charge in [-0.2, -0.15) is 11.8 Å². The van der Waals surface area contributed by atoms with E-state index < -0.39 is 0 Å². The first-order chi connectivity index (χ1) is 8.81. The summed E-state index contributed by atoms with van der Waals surface area (Å²) in [7, 11) is 0. The van der Waals surface area contributed by atoms with Gasteiger partial charge in [0.25, 0.3) is 0 Å². The third-order valence-corrected chi connectivity index (χ3v) is 5.28. The Morgan fingerprint density at radius 1 is 1.33 bits per heavy atom. The molecule has 98 valence electrons. The summed E-state index contributed by atoms with van der Waals surface area (Å²) in [5.74, 6) is 2.49. The molecule has 0 aliphatic carbocycles. The molecule has 0 radical (unpaired) electrons. The molecule has 1 N–H and O–H groups in total. The molecule has 0 amide bonds. The van der Waals surface area contributed by atoms with Gasteiger partial charge in [-0.15, -0.1) is 11.3 Å². The topological polar surface area (TPSA) is 12.0 Å². The van der Waals surface area contributed by atoms with Gasteiger partial charge in [-0.05, 0) is 48.9 Å². The molecule has 0 aliphatic rings. The van der Waals surface area contributed by atoms with E-state index >= 15 is 0 Å². The highest BCUT2D eigenvalue weighted by Crippen LogP contribution is 2.29. The number of nitrogens with one attached hydrogen (secondary N) is 1. The number of hydrogen-bond donors (Lipinski definition) is 1. The van der Waals surface area contributed by atoms with Gasteiger partial charge in [0.2, 0.25) is 0 Å². The summed E-state index contributed by atoms with van der Waals surface area (Å²) >= 11 is 3.93. The van der Waals surface area contributed by atoms with Crippen molar-refractivity contribution >= 4 is 33.2 Å². The molecule has 1 atom stereocenters. The first-order valence-electron chi connectivity index (χ1n) is 6.61. The quantitative estimate of drug-likeness (QED) is 0.738. The van der Waals surface area contributed by atoms with E-state index in [1.807, 2.05) is 23.1 Å². The molecule has 1 aromatic carbocycles. The molecule has 1 nitrogen and oxygen atoms in total. The van der Waals surface area contributed by atoms with Gasteiger partial charge >= 0.3 is 0 Å². The van der Waals surface area contributed by atoms with E-state index in [4.69, 9.17) is 0 Å². The molecule has 0 bridgehead atoms. The fourth-order valence-corrected chi connectivity index (χ4v) is 3.68. The van der Waals surface area contributed by atoms with Crippen LogP contribution in [0.1, 0.15) is 31.2 Å². The van der Waals surface area contributed by atoms with Crippen molar-refractivity contribution in [1.82, 2.24) is 5.32 Å². The molecule has 2 aromatic rings. The first-order valence-corrected chi connectivity index (χ1v) is 8.58. The fraction of sp³-hybridized carbons (Fsp3) is 0.467. The van der Waals surface area contributed by atoms with Crippen LogP contribution in [-0.2, 0) is 0 Å². The van der Waals surface area contributed by atoms with Crippen LogP contribution in [0.15, 0.2) is 30.3 Å². The molecule has 2 rings (SSSR count). The van der Waals surface area contributed by atoms with Crippen LogP contribution < -0.4 is 5.32 Å². The Morgan fingerprint density at radius 3 is 2.94 bits per heavy atom. The summed E-state index contributed by atoms with van der Waals surface area (Å²) in [6.07, 6.45) is 1.26. The number of fused-ring (bicyclic) bond motifs is 1. The predicted octanol–water partition coefficient (Wildman–Crippen LogP) is 4.70. The van der Waals surface area contributed by atoms with Crippen LogP contribution in [0.3, 0.4) is 0 Å². The SMILES string of the molecule is CCSCCCNC(C)c1cc2ccccc2s1. The normalized spacial score (nSPS) is 13.0. The summed E-state index contributed by atoms with van der Waals surface area (Å²) in [5, 5.41) is 4.98. The van der Waals surface area contributed by atoms with E-state index in [0.29, 0.717) is 6.04 Å². The number of benzene rings is 1. The van der Waals surface area contributed by atoms with Crippen LogP contribution in [-0.4, -0.2) is 18.1 Å². The number of thioether (sulfide) groups is 1. The van der Waals surface area contributed by atoms with Gasteiger partial charge in [-0.3, -0.25) is 0 Å². The summed E-state index contributed by atoms with van der Waals surface area (Å²) in [5.41, 5.74) is 0. The summed E-state index contributed by atoms with van der Waals surface area (Å²) in [6, 6.07) is 11.4. The highest BCUT2D eigenvalue weighted by Gasteiger charge is 2.08. The number of rotatable bonds is 7. The molecule has 0 spiro atoms. The largest absolute Gasteiger partial charge is 0.309 e. The lowest BCUT2D eigenvalue weighted by atomic mass is 10.2. The van der Waals surface area contributed by atoms with Gasteiger partial charge in [0.15, 0.2) is 0 Å². The Morgan fingerprint density at radius 2 is 2.17 bits per heavy atom. The Balaban J connectivity index is 1.86. The Hall–Kier alpha value is -0.510. The van der Waals surface area contributed by atoms with Crippen LogP contribution >= 0.6 is 23.1 Å². The smallest absolute Gasteiger partial charge is 0.0386 e. The van der Waals surface area contributed by atoms with Crippen molar-refractivity contribution in [2.24, 2.45) is 0 Å². The van der Waals surface area contributed by atoms with Crippen LogP contribution in [0.2, 0.25) is 0 Å². The monoisotopic (exact) mass is 279 g/mol. The predicted molar refractivity (Wildman–Crippen MR) is 85.9 cm³/mol. The lowest BCUT2D eigenvalue weighted by Crippen LogP contribution is -2.19. The highest BCUT2D eigenvalue weighted by molar-refractivity contribution is 7.99. The molecule has 3 heteroatoms. The third-order valence-electron chi connectivity index (χ3n) is 2.99. The molecule has 0 saturated carbocycles. The first kappa shape index (κ1) is 13.9. The van der Waals surface area contributed by atoms with E-state index in [2.05, 4.69) is 49.5 Å². The molecule has 0 aliphatic heterocycles. The molecule has 0 fully saturated rings. The summed E-state index contributed by atoms with van der Waals surface area (Å²) < 4.78 is 1.39. The maximum absolute atomic E-state index is 3.62. The van der Waals surface area contributed by atoms with Crippen LogP contribution in [0.4, 0.5) is 0 Å². The van der Waals surface area contributed by atoms with Crippen molar-refractivity contribution in [3.8, 4) is 0 Å². The molecule has 18 heavy (non-hydrogen) atoms. The van der Waals surface area contributed by atoms with E-state index in [1.54, 1.807) is 0 Å². The van der Waals surface area contributed by atoms with Crippen LogP contribution in [0.25, 0.3) is 10.1 Å². The lowest BCUT2D eigenvalue weighted by molar-refractivity contribution is 0.580. The van der Waals surface area contributed by atoms with Gasteiger partial charge in [0, 0.05) is 15.6 Å². The third kappa shape index (κ3) is 3.74. The van der Waals surface area contributed by atoms with Crippen molar-refractivity contribution in [1.29, 1.82) is 0 Å². The van der Waals surface area contributed by atoms with Crippen molar-refractivity contribution in [3.05, 3.63) is 35.2 Å². The number of thiophene rings is 1. The van der Waals surface area contributed by atoms with E-state index in [-0.39, 0.29) is 0 Å². The maximum atomic E-state index is 3.62. The summed E-state index contributed by atoms with van der Waals surface area (Å²) in [6.45, 7) is 5.60. The Bertz CT molecular complexity index is 445. The maximum Gasteiger partial charge on any atom is 0.0386 e. The second kappa shape index (κ2) is 7.17. The van der Waals surface area contributed by atoms with E-state index in [9.17, 15) is 0 Å². The van der Waals surface area contributed by atoms with Gasteiger partial charge in [-0.25, -0.2) is 0 Å². The second-order valence-corrected chi connectivity index (χ2v) is 6.92. The standard InChI is InChI=1S/C15H21NS2/c1-3-17-10-6-9-16-12(2)15-11-13-7-4-5-8-14(13)18-15/h4-5,7-8,11-12,16H,3,6,9-10H2,1-2H3. The minimum atomic E-state index is 0.467. The van der Waals surface area contributed by atoms with Crippen LogP contribution in [0, 0.1) is 0 Å². The highest BCUT2D eigenvalue weighted by atomic mass is 32.2. The van der Waals surface area contributed by atoms with Crippen LogP contribution in [0.5, 0.6) is 0 Å². The Labute approximate surface area is 118 Å². The zero-order valence-electron chi connectivity index (χ0n) is 11.1. The lowest BCUT2D eigenvalue weighted by Gasteiger charge is -2.11. The van der Waals surface area contributed by atoms with Gasteiger partial charge < -0.3 is 5.32 Å². The van der Waals surface area contributed by atoms with Crippen molar-refractivity contribution in [2.75, 3.05) is 18.1 Å². The molecule has 0 saturated heterocycles. The Kier molecular flexibility index (Phi) is 5.54.